The van der Waals surface area contributed by atoms with Gasteiger partial charge in [-0.3, -0.25) is 9.59 Å². The van der Waals surface area contributed by atoms with Gasteiger partial charge in [-0.05, 0) is 30.9 Å². The van der Waals surface area contributed by atoms with Crippen molar-refractivity contribution >= 4 is 11.9 Å². The third-order valence-corrected chi connectivity index (χ3v) is 3.70. The first-order valence-corrected chi connectivity index (χ1v) is 6.82. The molecular formula is C15H18FNO3. The molecule has 2 N–H and O–H groups in total. The third kappa shape index (κ3) is 3.79. The van der Waals surface area contributed by atoms with Crippen LogP contribution in [0.4, 0.5) is 4.39 Å². The summed E-state index contributed by atoms with van der Waals surface area (Å²) >= 11 is 0. The lowest BCUT2D eigenvalue weighted by molar-refractivity contribution is -0.143. The monoisotopic (exact) mass is 279 g/mol. The summed E-state index contributed by atoms with van der Waals surface area (Å²) in [7, 11) is 0. The zero-order chi connectivity index (χ0) is 14.5. The van der Waals surface area contributed by atoms with E-state index in [1.165, 1.54) is 6.07 Å². The summed E-state index contributed by atoms with van der Waals surface area (Å²) in [5.74, 6) is -1.85. The van der Waals surface area contributed by atoms with Crippen LogP contribution in [0, 0.1) is 11.7 Å². The number of carboxylic acids is 1. The summed E-state index contributed by atoms with van der Waals surface area (Å²) in [5.41, 5.74) is 0.357. The maximum Gasteiger partial charge on any atom is 0.306 e. The van der Waals surface area contributed by atoms with Crippen LogP contribution < -0.4 is 5.32 Å². The molecule has 0 heterocycles. The van der Waals surface area contributed by atoms with Crippen LogP contribution in [0.5, 0.6) is 0 Å². The Balaban J connectivity index is 1.88. The van der Waals surface area contributed by atoms with Crippen molar-refractivity contribution in [2.45, 2.75) is 38.1 Å². The van der Waals surface area contributed by atoms with E-state index < -0.39 is 11.8 Å². The minimum Gasteiger partial charge on any atom is -0.481 e. The number of carbonyl (C=O) groups excluding carboxylic acids is 1. The molecule has 5 heteroatoms. The van der Waals surface area contributed by atoms with E-state index in [0.29, 0.717) is 18.4 Å². The van der Waals surface area contributed by atoms with E-state index in [-0.39, 0.29) is 24.3 Å². The summed E-state index contributed by atoms with van der Waals surface area (Å²) in [6.07, 6.45) is 2.68. The minimum atomic E-state index is -0.807. The fraction of sp³-hybridized carbons (Fsp3) is 0.467. The van der Waals surface area contributed by atoms with Crippen LogP contribution >= 0.6 is 0 Å². The van der Waals surface area contributed by atoms with E-state index in [4.69, 9.17) is 5.11 Å². The van der Waals surface area contributed by atoms with Crippen LogP contribution in [0.1, 0.15) is 31.2 Å². The van der Waals surface area contributed by atoms with E-state index in [0.717, 1.165) is 12.8 Å². The van der Waals surface area contributed by atoms with Crippen molar-refractivity contribution in [2.24, 2.45) is 5.92 Å². The summed E-state index contributed by atoms with van der Waals surface area (Å²) < 4.78 is 13.4. The van der Waals surface area contributed by atoms with Gasteiger partial charge in [0.05, 0.1) is 12.3 Å². The van der Waals surface area contributed by atoms with Gasteiger partial charge in [0.2, 0.25) is 5.91 Å². The summed E-state index contributed by atoms with van der Waals surface area (Å²) in [6.45, 7) is 0. The van der Waals surface area contributed by atoms with E-state index in [1.807, 2.05) is 0 Å². The number of hydrogen-bond donors (Lipinski definition) is 2. The number of carbonyl (C=O) groups is 2. The van der Waals surface area contributed by atoms with Crippen LogP contribution in [-0.2, 0) is 16.0 Å². The predicted molar refractivity (Wildman–Crippen MR) is 71.6 cm³/mol. The average Bonchev–Trinajstić information content (AvgIpc) is 2.41. The zero-order valence-electron chi connectivity index (χ0n) is 11.1. The fourth-order valence-corrected chi connectivity index (χ4v) is 2.64. The number of benzene rings is 1. The highest BCUT2D eigenvalue weighted by atomic mass is 19.1. The number of halogens is 1. The highest BCUT2D eigenvalue weighted by Gasteiger charge is 2.27. The van der Waals surface area contributed by atoms with Crippen molar-refractivity contribution in [1.82, 2.24) is 5.32 Å². The van der Waals surface area contributed by atoms with Crippen molar-refractivity contribution in [3.8, 4) is 0 Å². The van der Waals surface area contributed by atoms with Gasteiger partial charge in [0.15, 0.2) is 0 Å². The van der Waals surface area contributed by atoms with Crippen molar-refractivity contribution in [1.29, 1.82) is 0 Å². The Morgan fingerprint density at radius 3 is 2.75 bits per heavy atom. The second-order valence-corrected chi connectivity index (χ2v) is 5.23. The van der Waals surface area contributed by atoms with Crippen LogP contribution in [0.3, 0.4) is 0 Å². The normalized spacial score (nSPS) is 22.2. The molecule has 0 bridgehead atoms. The quantitative estimate of drug-likeness (QED) is 0.887. The van der Waals surface area contributed by atoms with Crippen LogP contribution in [0.2, 0.25) is 0 Å². The molecule has 1 aromatic rings. The van der Waals surface area contributed by atoms with E-state index in [2.05, 4.69) is 5.32 Å². The SMILES string of the molecule is O=C(Cc1ccccc1F)NC1CCCC(C(=O)O)C1. The molecule has 20 heavy (non-hydrogen) atoms. The maximum atomic E-state index is 13.4. The Kier molecular flexibility index (Phi) is 4.71. The summed E-state index contributed by atoms with van der Waals surface area (Å²) in [4.78, 5) is 22.8. The molecule has 1 aliphatic carbocycles. The lowest BCUT2D eigenvalue weighted by atomic mass is 9.85. The molecule has 1 amide bonds. The van der Waals surface area contributed by atoms with Crippen molar-refractivity contribution < 1.29 is 19.1 Å². The van der Waals surface area contributed by atoms with Crippen LogP contribution in [-0.4, -0.2) is 23.0 Å². The number of nitrogens with one attached hydrogen (secondary N) is 1. The van der Waals surface area contributed by atoms with Crippen molar-refractivity contribution in [3.63, 3.8) is 0 Å². The largest absolute Gasteiger partial charge is 0.481 e. The molecule has 2 rings (SSSR count). The van der Waals surface area contributed by atoms with Crippen molar-refractivity contribution in [2.75, 3.05) is 0 Å². The van der Waals surface area contributed by atoms with Crippen LogP contribution in [0.25, 0.3) is 0 Å². The van der Waals surface area contributed by atoms with E-state index >= 15 is 0 Å². The molecule has 4 nitrogen and oxygen atoms in total. The van der Waals surface area contributed by atoms with Crippen molar-refractivity contribution in [3.05, 3.63) is 35.6 Å². The molecule has 108 valence electrons. The van der Waals surface area contributed by atoms with Gasteiger partial charge in [-0.25, -0.2) is 4.39 Å². The fourth-order valence-electron chi connectivity index (χ4n) is 2.64. The average molecular weight is 279 g/mol. The molecular weight excluding hydrogens is 261 g/mol. The van der Waals surface area contributed by atoms with Gasteiger partial charge in [-0.2, -0.15) is 0 Å². The minimum absolute atomic E-state index is 0.0130. The van der Waals surface area contributed by atoms with Gasteiger partial charge in [0.25, 0.3) is 0 Å². The lowest BCUT2D eigenvalue weighted by Gasteiger charge is -2.27. The molecule has 0 radical (unpaired) electrons. The maximum absolute atomic E-state index is 13.4. The predicted octanol–water partition coefficient (Wildman–Crippen LogP) is 2.13. The Morgan fingerprint density at radius 1 is 1.30 bits per heavy atom. The number of carboxylic acid groups (broad SMARTS) is 1. The summed E-state index contributed by atoms with van der Waals surface area (Å²) in [6, 6.07) is 6.05. The second kappa shape index (κ2) is 6.50. The molecule has 1 saturated carbocycles. The van der Waals surface area contributed by atoms with Gasteiger partial charge < -0.3 is 10.4 Å². The van der Waals surface area contributed by atoms with E-state index in [9.17, 15) is 14.0 Å². The molecule has 2 atom stereocenters. The molecule has 1 fully saturated rings. The first-order valence-electron chi connectivity index (χ1n) is 6.82. The van der Waals surface area contributed by atoms with Crippen LogP contribution in [0.15, 0.2) is 24.3 Å². The molecule has 1 aromatic carbocycles. The van der Waals surface area contributed by atoms with Gasteiger partial charge in [0.1, 0.15) is 5.82 Å². The lowest BCUT2D eigenvalue weighted by Crippen LogP contribution is -2.40. The van der Waals surface area contributed by atoms with E-state index in [1.54, 1.807) is 18.2 Å². The van der Waals surface area contributed by atoms with Gasteiger partial charge in [0, 0.05) is 6.04 Å². The second-order valence-electron chi connectivity index (χ2n) is 5.23. The van der Waals surface area contributed by atoms with Gasteiger partial charge >= 0.3 is 5.97 Å². The molecule has 0 spiro atoms. The Morgan fingerprint density at radius 2 is 2.05 bits per heavy atom. The summed E-state index contributed by atoms with van der Waals surface area (Å²) in [5, 5.41) is 11.8. The first-order chi connectivity index (χ1) is 9.56. The highest BCUT2D eigenvalue weighted by Crippen LogP contribution is 2.24. The highest BCUT2D eigenvalue weighted by molar-refractivity contribution is 5.79. The number of rotatable bonds is 4. The van der Waals surface area contributed by atoms with Gasteiger partial charge in [-0.15, -0.1) is 0 Å². The topological polar surface area (TPSA) is 66.4 Å². The molecule has 0 aliphatic heterocycles. The molecule has 1 aliphatic rings. The van der Waals surface area contributed by atoms with Gasteiger partial charge in [-0.1, -0.05) is 24.6 Å². The standard InChI is InChI=1S/C15H18FNO3/c16-13-7-2-1-4-10(13)9-14(18)17-12-6-3-5-11(8-12)15(19)20/h1-2,4,7,11-12H,3,5-6,8-9H2,(H,17,18)(H,19,20). The zero-order valence-corrected chi connectivity index (χ0v) is 11.1. The Bertz CT molecular complexity index is 504. The molecule has 0 saturated heterocycles. The number of amides is 1. The first kappa shape index (κ1) is 14.5. The Labute approximate surface area is 117 Å². The third-order valence-electron chi connectivity index (χ3n) is 3.70. The molecule has 0 aromatic heterocycles. The number of hydrogen-bond acceptors (Lipinski definition) is 2. The number of aliphatic carboxylic acids is 1. The Hall–Kier alpha value is -1.91. The smallest absolute Gasteiger partial charge is 0.306 e. The molecule has 2 unspecified atom stereocenters.